The number of rotatable bonds is 4. The number of ether oxygens (including phenoxy) is 2. The molecule has 180 valence electrons. The summed E-state index contributed by atoms with van der Waals surface area (Å²) >= 11 is 6.47. The zero-order valence-electron chi connectivity index (χ0n) is 18.6. The molecule has 1 amide bonds. The Hall–Kier alpha value is -2.62. The molecule has 33 heavy (non-hydrogen) atoms. The predicted molar refractivity (Wildman–Crippen MR) is 117 cm³/mol. The number of piperidine rings is 1. The molecule has 0 saturated carbocycles. The van der Waals surface area contributed by atoms with E-state index >= 15 is 0 Å². The number of nitrogens with one attached hydrogen (secondary N) is 1. The zero-order chi connectivity index (χ0) is 23.9. The van der Waals surface area contributed by atoms with Crippen LogP contribution in [-0.4, -0.2) is 53.6 Å². The second-order valence-corrected chi connectivity index (χ2v) is 8.78. The Morgan fingerprint density at radius 2 is 1.94 bits per heavy atom. The van der Waals surface area contributed by atoms with Crippen LogP contribution in [0.2, 0.25) is 5.02 Å². The average Bonchev–Trinajstić information content (AvgIpc) is 3.13. The maximum atomic E-state index is 14.1. The van der Waals surface area contributed by atoms with Crippen molar-refractivity contribution in [3.05, 3.63) is 34.5 Å². The van der Waals surface area contributed by atoms with Crippen molar-refractivity contribution in [2.24, 2.45) is 0 Å². The molecule has 2 aromatic rings. The van der Waals surface area contributed by atoms with Gasteiger partial charge < -0.3 is 19.7 Å². The molecule has 3 heterocycles. The van der Waals surface area contributed by atoms with Crippen molar-refractivity contribution in [2.75, 3.05) is 26.1 Å². The van der Waals surface area contributed by atoms with E-state index in [1.807, 2.05) is 6.92 Å². The minimum absolute atomic E-state index is 0.0157. The van der Waals surface area contributed by atoms with E-state index in [0.29, 0.717) is 23.6 Å². The lowest BCUT2D eigenvalue weighted by Gasteiger charge is -2.33. The number of methoxy groups -OCH3 is 2. The van der Waals surface area contributed by atoms with E-state index in [2.05, 4.69) is 10.4 Å². The number of alkyl halides is 3. The van der Waals surface area contributed by atoms with Gasteiger partial charge >= 0.3 is 6.18 Å². The molecule has 2 aliphatic heterocycles. The number of carbonyl (C=O) groups excluding carboxylic acids is 1. The monoisotopic (exact) mass is 486 g/mol. The van der Waals surface area contributed by atoms with E-state index in [-0.39, 0.29) is 29.0 Å². The number of fused-ring (bicyclic) bond motifs is 1. The predicted octanol–water partition coefficient (Wildman–Crippen LogP) is 5.23. The third-order valence-electron chi connectivity index (χ3n) is 6.37. The van der Waals surface area contributed by atoms with Gasteiger partial charge in [-0.1, -0.05) is 17.7 Å². The smallest absolute Gasteiger partial charge is 0.410 e. The highest BCUT2D eigenvalue weighted by molar-refractivity contribution is 6.36. The normalized spacial score (nSPS) is 23.0. The number of likely N-dealkylation sites (tertiary alicyclic amines) is 1. The standard InChI is InChI=1S/C22H26ClF3N4O3/c1-12-6-4-5-9-29(12)21(31)19-18(23)20-27-14(11-17(22(24,25)26)30(20)28-19)13-7-8-15(32-2)16(10-13)33-3/h7-8,10,12,14,17,27H,4-6,9,11H2,1-3H3/t12-,14+,17+/m0/s1. The van der Waals surface area contributed by atoms with E-state index in [0.717, 1.165) is 23.9 Å². The number of hydrogen-bond acceptors (Lipinski definition) is 5. The number of halogens is 4. The third kappa shape index (κ3) is 4.32. The Bertz CT molecular complexity index is 1040. The highest BCUT2D eigenvalue weighted by Crippen LogP contribution is 2.47. The van der Waals surface area contributed by atoms with Gasteiger partial charge in [0.2, 0.25) is 0 Å². The molecule has 0 radical (unpaired) electrons. The van der Waals surface area contributed by atoms with Crippen LogP contribution in [0.1, 0.15) is 60.7 Å². The van der Waals surface area contributed by atoms with Crippen LogP contribution in [0.15, 0.2) is 18.2 Å². The fourth-order valence-corrected chi connectivity index (χ4v) is 4.81. The van der Waals surface area contributed by atoms with Crippen LogP contribution in [0.3, 0.4) is 0 Å². The molecule has 0 aliphatic carbocycles. The summed E-state index contributed by atoms with van der Waals surface area (Å²) < 4.78 is 53.5. The Kier molecular flexibility index (Phi) is 6.39. The molecule has 2 aliphatic rings. The summed E-state index contributed by atoms with van der Waals surface area (Å²) in [4.78, 5) is 14.8. The van der Waals surface area contributed by atoms with Crippen LogP contribution in [0, 0.1) is 0 Å². The molecule has 1 fully saturated rings. The summed E-state index contributed by atoms with van der Waals surface area (Å²) in [5, 5.41) is 7.03. The van der Waals surface area contributed by atoms with Crippen molar-refractivity contribution < 1.29 is 27.4 Å². The van der Waals surface area contributed by atoms with Gasteiger partial charge in [0.1, 0.15) is 10.8 Å². The van der Waals surface area contributed by atoms with Gasteiger partial charge in [0, 0.05) is 19.0 Å². The fraction of sp³-hybridized carbons (Fsp3) is 0.545. The van der Waals surface area contributed by atoms with E-state index in [4.69, 9.17) is 21.1 Å². The van der Waals surface area contributed by atoms with E-state index in [1.165, 1.54) is 14.2 Å². The lowest BCUT2D eigenvalue weighted by Crippen LogP contribution is -2.42. The van der Waals surface area contributed by atoms with Gasteiger partial charge in [-0.25, -0.2) is 4.68 Å². The summed E-state index contributed by atoms with van der Waals surface area (Å²) in [7, 11) is 2.94. The van der Waals surface area contributed by atoms with Crippen LogP contribution >= 0.6 is 11.6 Å². The van der Waals surface area contributed by atoms with Crippen LogP contribution < -0.4 is 14.8 Å². The Morgan fingerprint density at radius 1 is 1.21 bits per heavy atom. The Balaban J connectivity index is 1.73. The SMILES string of the molecule is COc1ccc([C@H]2C[C@H](C(F)(F)F)n3nc(C(=O)N4CCCC[C@@H]4C)c(Cl)c3N2)cc1OC. The minimum Gasteiger partial charge on any atom is -0.493 e. The van der Waals surface area contributed by atoms with Crippen LogP contribution in [0.4, 0.5) is 19.0 Å². The molecule has 0 spiro atoms. The van der Waals surface area contributed by atoms with Gasteiger partial charge in [-0.2, -0.15) is 18.3 Å². The van der Waals surface area contributed by atoms with Crippen molar-refractivity contribution in [1.29, 1.82) is 0 Å². The largest absolute Gasteiger partial charge is 0.493 e. The average molecular weight is 487 g/mol. The van der Waals surface area contributed by atoms with Gasteiger partial charge in [-0.3, -0.25) is 4.79 Å². The lowest BCUT2D eigenvalue weighted by atomic mass is 9.96. The van der Waals surface area contributed by atoms with Gasteiger partial charge in [0.05, 0.1) is 20.3 Å². The molecule has 1 saturated heterocycles. The first-order valence-corrected chi connectivity index (χ1v) is 11.2. The topological polar surface area (TPSA) is 68.6 Å². The molecule has 1 N–H and O–H groups in total. The second kappa shape index (κ2) is 8.96. The molecule has 11 heteroatoms. The number of hydrogen-bond donors (Lipinski definition) is 1. The highest BCUT2D eigenvalue weighted by atomic mass is 35.5. The molecule has 1 aromatic carbocycles. The summed E-state index contributed by atoms with van der Waals surface area (Å²) in [5.74, 6) is 0.411. The highest BCUT2D eigenvalue weighted by Gasteiger charge is 2.48. The maximum Gasteiger partial charge on any atom is 0.410 e. The molecule has 0 bridgehead atoms. The number of carbonyl (C=O) groups is 1. The molecule has 0 unspecified atom stereocenters. The van der Waals surface area contributed by atoms with Crippen molar-refractivity contribution in [1.82, 2.24) is 14.7 Å². The summed E-state index contributed by atoms with van der Waals surface area (Å²) in [6.45, 7) is 2.45. The van der Waals surface area contributed by atoms with Gasteiger partial charge in [-0.15, -0.1) is 0 Å². The first-order valence-electron chi connectivity index (χ1n) is 10.8. The van der Waals surface area contributed by atoms with Crippen molar-refractivity contribution in [3.63, 3.8) is 0 Å². The van der Waals surface area contributed by atoms with Crippen LogP contribution in [-0.2, 0) is 0 Å². The number of amides is 1. The second-order valence-electron chi connectivity index (χ2n) is 8.40. The molecule has 4 rings (SSSR count). The lowest BCUT2D eigenvalue weighted by molar-refractivity contribution is -0.173. The number of benzene rings is 1. The fourth-order valence-electron chi connectivity index (χ4n) is 4.55. The number of anilines is 1. The molecule has 1 aromatic heterocycles. The number of nitrogens with zero attached hydrogens (tertiary/aromatic N) is 3. The van der Waals surface area contributed by atoms with Crippen molar-refractivity contribution >= 4 is 23.3 Å². The van der Waals surface area contributed by atoms with Gasteiger partial charge in [0.15, 0.2) is 23.2 Å². The van der Waals surface area contributed by atoms with Gasteiger partial charge in [0.25, 0.3) is 5.91 Å². The van der Waals surface area contributed by atoms with Gasteiger partial charge in [-0.05, 0) is 43.9 Å². The van der Waals surface area contributed by atoms with Crippen molar-refractivity contribution in [2.45, 2.75) is 56.9 Å². The summed E-state index contributed by atoms with van der Waals surface area (Å²) in [5.41, 5.74) is 0.415. The minimum atomic E-state index is -4.58. The molecular formula is C22H26ClF3N4O3. The zero-order valence-corrected chi connectivity index (χ0v) is 19.3. The van der Waals surface area contributed by atoms with Crippen molar-refractivity contribution in [3.8, 4) is 11.5 Å². The maximum absolute atomic E-state index is 14.1. The van der Waals surface area contributed by atoms with E-state index in [1.54, 1.807) is 23.1 Å². The third-order valence-corrected chi connectivity index (χ3v) is 6.73. The Morgan fingerprint density at radius 3 is 2.58 bits per heavy atom. The quantitative estimate of drug-likeness (QED) is 0.641. The number of aromatic nitrogens is 2. The van der Waals surface area contributed by atoms with Crippen LogP contribution in [0.5, 0.6) is 11.5 Å². The molecule has 7 nitrogen and oxygen atoms in total. The first-order chi connectivity index (χ1) is 15.7. The molecular weight excluding hydrogens is 461 g/mol. The van der Waals surface area contributed by atoms with E-state index < -0.39 is 24.2 Å². The Labute approximate surface area is 194 Å². The first kappa shape index (κ1) is 23.5. The molecule has 3 atom stereocenters. The van der Waals surface area contributed by atoms with Crippen LogP contribution in [0.25, 0.3) is 0 Å². The summed E-state index contributed by atoms with van der Waals surface area (Å²) in [6, 6.07) is 2.25. The summed E-state index contributed by atoms with van der Waals surface area (Å²) in [6.07, 6.45) is -2.23. The van der Waals surface area contributed by atoms with E-state index in [9.17, 15) is 18.0 Å².